The Morgan fingerprint density at radius 3 is 2.72 bits per heavy atom. The third kappa shape index (κ3) is 2.76. The summed E-state index contributed by atoms with van der Waals surface area (Å²) in [6, 6.07) is 0. The molecule has 4 aliphatic carbocycles. The van der Waals surface area contributed by atoms with Crippen LogP contribution in [0.25, 0.3) is 0 Å². The summed E-state index contributed by atoms with van der Waals surface area (Å²) in [4.78, 5) is 41.2. The number of hydrogen-bond donors (Lipinski definition) is 2. The van der Waals surface area contributed by atoms with Gasteiger partial charge >= 0.3 is 6.09 Å². The summed E-state index contributed by atoms with van der Waals surface area (Å²) in [6.07, 6.45) is 4.30. The van der Waals surface area contributed by atoms with Gasteiger partial charge in [0.15, 0.2) is 0 Å². The molecule has 4 saturated carbocycles. The fourth-order valence-corrected chi connectivity index (χ4v) is 9.02. The third-order valence-corrected chi connectivity index (χ3v) is 10.8. The first-order valence-electron chi connectivity index (χ1n) is 12.7. The molecule has 7 nitrogen and oxygen atoms in total. The second-order valence-corrected chi connectivity index (χ2v) is 12.0. The Hall–Kier alpha value is -1.47. The highest BCUT2D eigenvalue weighted by atomic mass is 16.6. The normalized spacial score (nSPS) is 53.1. The van der Waals surface area contributed by atoms with E-state index in [4.69, 9.17) is 4.74 Å². The summed E-state index contributed by atoms with van der Waals surface area (Å²) < 4.78 is 6.03. The van der Waals surface area contributed by atoms with E-state index in [2.05, 4.69) is 17.1 Å². The van der Waals surface area contributed by atoms with Gasteiger partial charge in [0.2, 0.25) is 5.91 Å². The van der Waals surface area contributed by atoms with Crippen LogP contribution in [0.2, 0.25) is 0 Å². The number of fused-ring (bicyclic) bond motifs is 2. The van der Waals surface area contributed by atoms with Crippen LogP contribution >= 0.6 is 0 Å². The summed E-state index contributed by atoms with van der Waals surface area (Å²) in [5.74, 6) is 0.583. The van der Waals surface area contributed by atoms with Gasteiger partial charge in [-0.15, -0.1) is 0 Å². The van der Waals surface area contributed by atoms with Crippen LogP contribution in [0.3, 0.4) is 0 Å². The van der Waals surface area contributed by atoms with Crippen LogP contribution in [-0.4, -0.2) is 59.6 Å². The highest BCUT2D eigenvalue weighted by Gasteiger charge is 2.76. The van der Waals surface area contributed by atoms with Crippen molar-refractivity contribution in [2.75, 3.05) is 19.6 Å². The van der Waals surface area contributed by atoms with E-state index in [1.807, 2.05) is 6.92 Å². The van der Waals surface area contributed by atoms with Crippen LogP contribution in [0, 0.1) is 46.3 Å². The number of ketones is 1. The predicted octanol–water partition coefficient (Wildman–Crippen LogP) is 2.36. The number of imide groups is 1. The second kappa shape index (κ2) is 7.02. The van der Waals surface area contributed by atoms with Gasteiger partial charge in [-0.2, -0.15) is 0 Å². The number of piperidine rings is 1. The molecule has 6 fully saturated rings. The first-order chi connectivity index (χ1) is 15.3. The van der Waals surface area contributed by atoms with E-state index in [1.54, 1.807) is 0 Å². The Balaban J connectivity index is 1.24. The number of nitrogens with one attached hydrogen (secondary N) is 1. The Morgan fingerprint density at radius 2 is 2.00 bits per heavy atom. The zero-order valence-electron chi connectivity index (χ0n) is 19.2. The smallest absolute Gasteiger partial charge is 0.414 e. The lowest BCUT2D eigenvalue weighted by molar-refractivity contribution is -0.149. The molecule has 2 aliphatic heterocycles. The topological polar surface area (TPSA) is 95.9 Å². The molecule has 11 atom stereocenters. The molecular weight excluding hydrogens is 408 g/mol. The lowest BCUT2D eigenvalue weighted by Crippen LogP contribution is -2.56. The van der Waals surface area contributed by atoms with Gasteiger partial charge in [0.1, 0.15) is 11.9 Å². The van der Waals surface area contributed by atoms with E-state index in [-0.39, 0.29) is 40.4 Å². The van der Waals surface area contributed by atoms with Crippen molar-refractivity contribution >= 4 is 17.8 Å². The highest BCUT2D eigenvalue weighted by molar-refractivity contribution is 5.93. The Kier molecular flexibility index (Phi) is 4.62. The number of nitrogens with zero attached hydrogens (tertiary/aromatic N) is 1. The Labute approximate surface area is 189 Å². The van der Waals surface area contributed by atoms with E-state index in [1.165, 1.54) is 0 Å². The summed E-state index contributed by atoms with van der Waals surface area (Å²) in [5.41, 5.74) is -0.476. The van der Waals surface area contributed by atoms with Crippen LogP contribution in [0.5, 0.6) is 0 Å². The van der Waals surface area contributed by atoms with Crippen LogP contribution in [0.1, 0.15) is 58.8 Å². The zero-order chi connectivity index (χ0) is 22.4. The zero-order valence-corrected chi connectivity index (χ0v) is 19.2. The number of ether oxygens (including phenoxy) is 1. The molecule has 0 radical (unpaired) electrons. The second-order valence-electron chi connectivity index (χ2n) is 12.0. The molecule has 4 bridgehead atoms. The number of carbonyl (C=O) groups excluding carboxylic acids is 3. The number of aliphatic hydroxyl groups excluding tert-OH is 1. The predicted molar refractivity (Wildman–Crippen MR) is 115 cm³/mol. The molecular formula is C25H36N2O5. The van der Waals surface area contributed by atoms with Gasteiger partial charge in [0, 0.05) is 30.8 Å². The van der Waals surface area contributed by atoms with Crippen molar-refractivity contribution in [1.82, 2.24) is 10.2 Å². The Bertz CT molecular complexity index is 861. The van der Waals surface area contributed by atoms with Gasteiger partial charge < -0.3 is 14.7 Å². The molecule has 7 heteroatoms. The average Bonchev–Trinajstić information content (AvgIpc) is 3.06. The SMILES string of the molecule is C[C@H]1C[C@@H](OC(=O)NC(=O)[C@H]2CN3CC[C@@H]2C3)[C@]23C[C@@H]2CCC2(CCC(=O)C23)[C@@H](C)[C@@H]1O. The van der Waals surface area contributed by atoms with Crippen molar-refractivity contribution in [3.05, 3.63) is 0 Å². The lowest BCUT2D eigenvalue weighted by atomic mass is 9.52. The standard InChI is InChI=1S/C25H36N2O5/c1-13-9-19(32-23(31)26-22(30)17-12-27-8-5-15(17)11-27)25-10-16(25)3-6-24(14(2)20(13)29)7-4-18(28)21(24)25/h13-17,19-21,29H,3-12H2,1-2H3,(H,26,30,31)/t13-,14-,15+,16-,17-,19+,20+,21?,24?,25-/m0/s1. The molecule has 2 N–H and O–H groups in total. The molecule has 0 aromatic heterocycles. The molecule has 2 saturated heterocycles. The van der Waals surface area contributed by atoms with E-state index in [0.29, 0.717) is 30.5 Å². The van der Waals surface area contributed by atoms with E-state index < -0.39 is 18.3 Å². The van der Waals surface area contributed by atoms with Crippen LogP contribution < -0.4 is 5.32 Å². The number of Topliss-reactive ketones (excluding diaryl/α,β-unsaturated/α-hetero) is 1. The number of rotatable bonds is 2. The molecule has 0 aromatic rings. The van der Waals surface area contributed by atoms with E-state index in [9.17, 15) is 19.5 Å². The number of amides is 2. The van der Waals surface area contributed by atoms with Gasteiger partial charge in [-0.1, -0.05) is 13.8 Å². The summed E-state index contributed by atoms with van der Waals surface area (Å²) >= 11 is 0. The highest BCUT2D eigenvalue weighted by Crippen LogP contribution is 2.76. The fourth-order valence-electron chi connectivity index (χ4n) is 9.02. The monoisotopic (exact) mass is 444 g/mol. The van der Waals surface area contributed by atoms with Crippen molar-refractivity contribution in [3.63, 3.8) is 0 Å². The molecule has 2 heterocycles. The molecule has 6 aliphatic rings. The van der Waals surface area contributed by atoms with E-state index in [0.717, 1.165) is 51.7 Å². The van der Waals surface area contributed by atoms with Crippen LogP contribution in [0.15, 0.2) is 0 Å². The molecule has 32 heavy (non-hydrogen) atoms. The van der Waals surface area contributed by atoms with Gasteiger partial charge in [-0.25, -0.2) is 4.79 Å². The molecule has 0 aromatic carbocycles. The minimum absolute atomic E-state index is 0.0263. The first kappa shape index (κ1) is 21.1. The van der Waals surface area contributed by atoms with Crippen molar-refractivity contribution in [3.8, 4) is 0 Å². The number of hydrogen-bond acceptors (Lipinski definition) is 6. The van der Waals surface area contributed by atoms with E-state index >= 15 is 0 Å². The average molecular weight is 445 g/mol. The minimum Gasteiger partial charge on any atom is -0.445 e. The lowest BCUT2D eigenvalue weighted by Gasteiger charge is -2.53. The molecule has 2 amide bonds. The number of aliphatic hydroxyl groups is 1. The maximum atomic E-state index is 13.2. The molecule has 176 valence electrons. The summed E-state index contributed by atoms with van der Waals surface area (Å²) in [7, 11) is 0. The summed E-state index contributed by atoms with van der Waals surface area (Å²) in [5, 5.41) is 13.7. The minimum atomic E-state index is -0.672. The van der Waals surface area contributed by atoms with Crippen molar-refractivity contribution < 1.29 is 24.2 Å². The van der Waals surface area contributed by atoms with Crippen LogP contribution in [0.4, 0.5) is 4.79 Å². The van der Waals surface area contributed by atoms with Gasteiger partial charge in [0.05, 0.1) is 12.0 Å². The van der Waals surface area contributed by atoms with Crippen LogP contribution in [-0.2, 0) is 14.3 Å². The maximum Gasteiger partial charge on any atom is 0.414 e. The largest absolute Gasteiger partial charge is 0.445 e. The fraction of sp³-hybridized carbons (Fsp3) is 0.880. The molecule has 3 unspecified atom stereocenters. The molecule has 6 rings (SSSR count). The quantitative estimate of drug-likeness (QED) is 0.679. The maximum absolute atomic E-state index is 13.2. The number of alkyl carbamates (subject to hydrolysis) is 1. The van der Waals surface area contributed by atoms with Crippen molar-refractivity contribution in [2.24, 2.45) is 46.3 Å². The van der Waals surface area contributed by atoms with Crippen molar-refractivity contribution in [2.45, 2.75) is 71.0 Å². The van der Waals surface area contributed by atoms with Gasteiger partial charge in [-0.05, 0) is 74.2 Å². The van der Waals surface area contributed by atoms with Crippen molar-refractivity contribution in [1.29, 1.82) is 0 Å². The summed E-state index contributed by atoms with van der Waals surface area (Å²) in [6.45, 7) is 6.86. The Morgan fingerprint density at radius 1 is 1.19 bits per heavy atom. The number of carbonyl (C=O) groups is 3. The third-order valence-electron chi connectivity index (χ3n) is 10.8. The first-order valence-corrected chi connectivity index (χ1v) is 12.7. The molecule has 1 spiro atoms. The van der Waals surface area contributed by atoms with Gasteiger partial charge in [0.25, 0.3) is 0 Å². The van der Waals surface area contributed by atoms with Gasteiger partial charge in [-0.3, -0.25) is 14.9 Å².